The Morgan fingerprint density at radius 1 is 1.22 bits per heavy atom. The third kappa shape index (κ3) is 5.30. The van der Waals surface area contributed by atoms with Crippen LogP contribution in [0.4, 0.5) is 11.4 Å². The summed E-state index contributed by atoms with van der Waals surface area (Å²) in [5, 5.41) is 11.4. The van der Waals surface area contributed by atoms with Crippen molar-refractivity contribution in [3.8, 4) is 0 Å². The Hall–Kier alpha value is -1.91. The van der Waals surface area contributed by atoms with Gasteiger partial charge in [0, 0.05) is 38.5 Å². The van der Waals surface area contributed by atoms with E-state index < -0.39 is 20.8 Å². The first-order chi connectivity index (χ1) is 12.0. The van der Waals surface area contributed by atoms with Gasteiger partial charge in [-0.15, -0.1) is 12.4 Å². The van der Waals surface area contributed by atoms with Crippen molar-refractivity contribution in [2.24, 2.45) is 11.7 Å². The Morgan fingerprint density at radius 2 is 1.78 bits per heavy atom. The predicted molar refractivity (Wildman–Crippen MR) is 105 cm³/mol. The molecule has 2 rings (SSSR count). The monoisotopic (exact) mass is 420 g/mol. The molecule has 1 heterocycles. The van der Waals surface area contributed by atoms with Crippen molar-refractivity contribution in [1.82, 2.24) is 4.90 Å². The van der Waals surface area contributed by atoms with Crippen LogP contribution >= 0.6 is 12.4 Å². The number of hydrogen-bond donors (Lipinski definition) is 1. The van der Waals surface area contributed by atoms with Crippen LogP contribution in [0.5, 0.6) is 0 Å². The van der Waals surface area contributed by atoms with Crippen molar-refractivity contribution < 1.29 is 18.1 Å². The molecule has 152 valence electrons. The maximum atomic E-state index is 12.3. The summed E-state index contributed by atoms with van der Waals surface area (Å²) in [5.74, 6) is -0.0910. The van der Waals surface area contributed by atoms with Crippen molar-refractivity contribution in [1.29, 1.82) is 0 Å². The molecule has 1 saturated heterocycles. The molecule has 0 saturated carbocycles. The van der Waals surface area contributed by atoms with Gasteiger partial charge < -0.3 is 15.5 Å². The van der Waals surface area contributed by atoms with Crippen molar-refractivity contribution in [3.05, 3.63) is 28.3 Å². The molecule has 27 heavy (non-hydrogen) atoms. The van der Waals surface area contributed by atoms with Gasteiger partial charge in [0.05, 0.1) is 15.9 Å². The first kappa shape index (κ1) is 23.1. The fourth-order valence-corrected chi connectivity index (χ4v) is 3.45. The number of anilines is 1. The molecular formula is C16H25ClN4O5S. The molecule has 11 heteroatoms. The van der Waals surface area contributed by atoms with Crippen molar-refractivity contribution in [2.75, 3.05) is 37.3 Å². The number of sulfone groups is 1. The van der Waals surface area contributed by atoms with Gasteiger partial charge in [-0.25, -0.2) is 8.42 Å². The van der Waals surface area contributed by atoms with E-state index >= 15 is 0 Å². The molecule has 1 atom stereocenters. The molecule has 0 aliphatic carbocycles. The van der Waals surface area contributed by atoms with Gasteiger partial charge >= 0.3 is 0 Å². The Kier molecular flexibility index (Phi) is 7.58. The van der Waals surface area contributed by atoms with E-state index in [1.807, 2.05) is 13.8 Å². The number of carbonyl (C=O) groups is 1. The molecule has 0 radical (unpaired) electrons. The summed E-state index contributed by atoms with van der Waals surface area (Å²) in [6.45, 7) is 5.40. The predicted octanol–water partition coefficient (Wildman–Crippen LogP) is 1.05. The second-order valence-corrected chi connectivity index (χ2v) is 8.78. The molecule has 0 unspecified atom stereocenters. The quantitative estimate of drug-likeness (QED) is 0.557. The van der Waals surface area contributed by atoms with Crippen LogP contribution in [-0.2, 0) is 14.6 Å². The molecule has 1 fully saturated rings. The van der Waals surface area contributed by atoms with Crippen LogP contribution < -0.4 is 10.6 Å². The summed E-state index contributed by atoms with van der Waals surface area (Å²) < 4.78 is 23.3. The van der Waals surface area contributed by atoms with Crippen LogP contribution in [0.1, 0.15) is 13.8 Å². The lowest BCUT2D eigenvalue weighted by Gasteiger charge is -2.37. The minimum atomic E-state index is -3.53. The number of nitro groups is 1. The Balaban J connectivity index is 0.00000364. The zero-order chi connectivity index (χ0) is 19.6. The van der Waals surface area contributed by atoms with Crippen LogP contribution in [0.3, 0.4) is 0 Å². The van der Waals surface area contributed by atoms with Gasteiger partial charge in [-0.2, -0.15) is 0 Å². The highest BCUT2D eigenvalue weighted by atomic mass is 35.5. The van der Waals surface area contributed by atoms with Crippen molar-refractivity contribution >= 4 is 39.5 Å². The number of carbonyl (C=O) groups excluding carboxylic acids is 1. The van der Waals surface area contributed by atoms with E-state index in [-0.39, 0.29) is 34.8 Å². The summed E-state index contributed by atoms with van der Waals surface area (Å²) in [5.41, 5.74) is 6.00. The molecule has 0 bridgehead atoms. The molecule has 1 aliphatic rings. The van der Waals surface area contributed by atoms with E-state index in [1.165, 1.54) is 12.1 Å². The Morgan fingerprint density at radius 3 is 2.22 bits per heavy atom. The van der Waals surface area contributed by atoms with Gasteiger partial charge in [-0.1, -0.05) is 13.8 Å². The average Bonchev–Trinajstić information content (AvgIpc) is 2.59. The smallest absolute Gasteiger partial charge is 0.293 e. The third-order valence-corrected chi connectivity index (χ3v) is 5.62. The van der Waals surface area contributed by atoms with Gasteiger partial charge in [-0.05, 0) is 18.1 Å². The lowest BCUT2D eigenvalue weighted by atomic mass is 10.0. The number of piperazine rings is 1. The van der Waals surface area contributed by atoms with Gasteiger partial charge in [0.15, 0.2) is 9.84 Å². The molecule has 9 nitrogen and oxygen atoms in total. The minimum Gasteiger partial charge on any atom is -0.362 e. The number of halogens is 1. The highest BCUT2D eigenvalue weighted by Crippen LogP contribution is 2.31. The van der Waals surface area contributed by atoms with Crippen LogP contribution in [0.25, 0.3) is 0 Å². The fourth-order valence-electron chi connectivity index (χ4n) is 2.81. The Labute approximate surface area is 165 Å². The number of nitro benzene ring substituents is 1. The van der Waals surface area contributed by atoms with Gasteiger partial charge in [0.25, 0.3) is 5.69 Å². The normalized spacial score (nSPS) is 16.0. The van der Waals surface area contributed by atoms with Crippen LogP contribution in [-0.4, -0.2) is 62.6 Å². The summed E-state index contributed by atoms with van der Waals surface area (Å²) in [6, 6.07) is 3.33. The van der Waals surface area contributed by atoms with E-state index in [2.05, 4.69) is 0 Å². The second kappa shape index (κ2) is 8.85. The van der Waals surface area contributed by atoms with Gasteiger partial charge in [-0.3, -0.25) is 14.9 Å². The van der Waals surface area contributed by atoms with E-state index in [1.54, 1.807) is 9.80 Å². The number of nitrogens with zero attached hydrogens (tertiary/aromatic N) is 3. The third-order valence-electron chi connectivity index (χ3n) is 4.51. The summed E-state index contributed by atoms with van der Waals surface area (Å²) in [4.78, 5) is 26.5. The molecule has 0 aromatic heterocycles. The largest absolute Gasteiger partial charge is 0.362 e. The maximum Gasteiger partial charge on any atom is 0.293 e. The summed E-state index contributed by atoms with van der Waals surface area (Å²) >= 11 is 0. The summed E-state index contributed by atoms with van der Waals surface area (Å²) in [7, 11) is -3.53. The molecule has 2 N–H and O–H groups in total. The highest BCUT2D eigenvalue weighted by Gasteiger charge is 2.29. The lowest BCUT2D eigenvalue weighted by Crippen LogP contribution is -2.54. The number of amides is 1. The topological polar surface area (TPSA) is 127 Å². The zero-order valence-corrected chi connectivity index (χ0v) is 17.1. The Bertz CT molecular complexity index is 807. The number of hydrogen-bond acceptors (Lipinski definition) is 7. The first-order valence-corrected chi connectivity index (χ1v) is 10.2. The number of benzene rings is 1. The second-order valence-electron chi connectivity index (χ2n) is 6.76. The maximum absolute atomic E-state index is 12.3. The number of rotatable bonds is 5. The minimum absolute atomic E-state index is 0. The first-order valence-electron chi connectivity index (χ1n) is 8.30. The molecule has 1 aromatic rings. The SMILES string of the molecule is CC(C)[C@H](N)C(=O)N1CCN(c2ccc(S(C)(=O)=O)cc2[N+](=O)[O-])CC1.Cl. The number of nitrogens with two attached hydrogens (primary N) is 1. The van der Waals surface area contributed by atoms with Crippen molar-refractivity contribution in [3.63, 3.8) is 0 Å². The lowest BCUT2D eigenvalue weighted by molar-refractivity contribution is -0.384. The zero-order valence-electron chi connectivity index (χ0n) is 15.5. The molecule has 1 aromatic carbocycles. The standard InChI is InChI=1S/C16H24N4O5S.ClH/c1-11(2)15(17)16(21)19-8-6-18(7-9-19)13-5-4-12(26(3,24)25)10-14(13)20(22)23;/h4-5,10-11,15H,6-9,17H2,1-3H3;1H/t15-;/m0./s1. The van der Waals surface area contributed by atoms with Crippen LogP contribution in [0.2, 0.25) is 0 Å². The van der Waals surface area contributed by atoms with Crippen molar-refractivity contribution in [2.45, 2.75) is 24.8 Å². The van der Waals surface area contributed by atoms with Gasteiger partial charge in [0.2, 0.25) is 5.91 Å². The van der Waals surface area contributed by atoms with E-state index in [0.717, 1.165) is 12.3 Å². The van der Waals surface area contributed by atoms with Crippen LogP contribution in [0, 0.1) is 16.0 Å². The molecule has 0 spiro atoms. The average molecular weight is 421 g/mol. The molecule has 1 aliphatic heterocycles. The molecule has 1 amide bonds. The van der Waals surface area contributed by atoms with E-state index in [0.29, 0.717) is 31.9 Å². The summed E-state index contributed by atoms with van der Waals surface area (Å²) in [6.07, 6.45) is 1.01. The fraction of sp³-hybridized carbons (Fsp3) is 0.562. The molecular weight excluding hydrogens is 396 g/mol. The highest BCUT2D eigenvalue weighted by molar-refractivity contribution is 7.90. The van der Waals surface area contributed by atoms with Crippen LogP contribution in [0.15, 0.2) is 23.1 Å². The van der Waals surface area contributed by atoms with Gasteiger partial charge in [0.1, 0.15) is 5.69 Å². The van der Waals surface area contributed by atoms with E-state index in [4.69, 9.17) is 5.73 Å². The van der Waals surface area contributed by atoms with E-state index in [9.17, 15) is 23.3 Å².